The van der Waals surface area contributed by atoms with Crippen LogP contribution in [0.15, 0.2) is 0 Å². The van der Waals surface area contributed by atoms with Crippen LogP contribution in [0.1, 0.15) is 38.5 Å². The molecule has 1 N–H and O–H groups in total. The van der Waals surface area contributed by atoms with Gasteiger partial charge >= 0.3 is 0 Å². The molecule has 3 aliphatic rings. The smallest absolute Gasteiger partial charge is 0.0348 e. The molecule has 0 spiro atoms. The molecule has 2 saturated heterocycles. The van der Waals surface area contributed by atoms with Gasteiger partial charge in [-0.15, -0.1) is 0 Å². The first-order valence-electron chi connectivity index (χ1n) is 6.41. The van der Waals surface area contributed by atoms with Gasteiger partial charge in [-0.3, -0.25) is 4.90 Å². The van der Waals surface area contributed by atoms with E-state index in [-0.39, 0.29) is 0 Å². The van der Waals surface area contributed by atoms with Crippen molar-refractivity contribution in [2.24, 2.45) is 5.92 Å². The fraction of sp³-hybridized carbons (Fsp3) is 1.00. The molecule has 2 heterocycles. The lowest BCUT2D eigenvalue weighted by atomic mass is 9.94. The standard InChI is InChI=1S/C12H22N2/c1-2-5-10(4-1)12-6-3-7-14(12)11-8-13-9-11/h10-13H,1-9H2. The lowest BCUT2D eigenvalue weighted by molar-refractivity contribution is 0.0993. The summed E-state index contributed by atoms with van der Waals surface area (Å²) >= 11 is 0. The van der Waals surface area contributed by atoms with Gasteiger partial charge in [-0.05, 0) is 38.1 Å². The first-order chi connectivity index (χ1) is 6.95. The topological polar surface area (TPSA) is 15.3 Å². The van der Waals surface area contributed by atoms with Crippen LogP contribution in [0.2, 0.25) is 0 Å². The molecular weight excluding hydrogens is 172 g/mol. The van der Waals surface area contributed by atoms with Crippen molar-refractivity contribution in [2.75, 3.05) is 19.6 Å². The molecule has 2 aliphatic heterocycles. The molecule has 1 atom stereocenters. The lowest BCUT2D eigenvalue weighted by Crippen LogP contribution is -2.59. The van der Waals surface area contributed by atoms with E-state index < -0.39 is 0 Å². The minimum absolute atomic E-state index is 0.892. The highest BCUT2D eigenvalue weighted by Gasteiger charge is 2.38. The molecule has 2 nitrogen and oxygen atoms in total. The molecule has 1 unspecified atom stereocenters. The molecule has 2 heteroatoms. The summed E-state index contributed by atoms with van der Waals surface area (Å²) < 4.78 is 0. The van der Waals surface area contributed by atoms with Crippen LogP contribution in [-0.4, -0.2) is 36.6 Å². The van der Waals surface area contributed by atoms with Crippen molar-refractivity contribution in [1.29, 1.82) is 0 Å². The number of nitrogens with one attached hydrogen (secondary N) is 1. The molecule has 0 radical (unpaired) electrons. The van der Waals surface area contributed by atoms with Crippen molar-refractivity contribution in [2.45, 2.75) is 50.6 Å². The van der Waals surface area contributed by atoms with Gasteiger partial charge in [0, 0.05) is 25.2 Å². The summed E-state index contributed by atoms with van der Waals surface area (Å²) in [5.41, 5.74) is 0. The Morgan fingerprint density at radius 1 is 0.929 bits per heavy atom. The van der Waals surface area contributed by atoms with Crippen LogP contribution in [-0.2, 0) is 0 Å². The second-order valence-corrected chi connectivity index (χ2v) is 5.30. The summed E-state index contributed by atoms with van der Waals surface area (Å²) in [5, 5.41) is 3.41. The van der Waals surface area contributed by atoms with Gasteiger partial charge in [-0.1, -0.05) is 12.8 Å². The third-order valence-corrected chi connectivity index (χ3v) is 4.52. The van der Waals surface area contributed by atoms with Gasteiger partial charge in [0.25, 0.3) is 0 Å². The normalized spacial score (nSPS) is 36.4. The van der Waals surface area contributed by atoms with E-state index in [9.17, 15) is 0 Å². The molecule has 0 bridgehead atoms. The highest BCUT2D eigenvalue weighted by molar-refractivity contribution is 4.95. The van der Waals surface area contributed by atoms with Gasteiger partial charge in [0.1, 0.15) is 0 Å². The summed E-state index contributed by atoms with van der Waals surface area (Å²) in [6, 6.07) is 1.85. The van der Waals surface area contributed by atoms with E-state index in [4.69, 9.17) is 0 Å². The number of rotatable bonds is 2. The number of hydrogen-bond acceptors (Lipinski definition) is 2. The summed E-state index contributed by atoms with van der Waals surface area (Å²) in [7, 11) is 0. The van der Waals surface area contributed by atoms with Gasteiger partial charge < -0.3 is 5.32 Å². The zero-order valence-corrected chi connectivity index (χ0v) is 9.04. The molecule has 0 aromatic carbocycles. The highest BCUT2D eigenvalue weighted by atomic mass is 15.3. The van der Waals surface area contributed by atoms with E-state index >= 15 is 0 Å². The van der Waals surface area contributed by atoms with Gasteiger partial charge in [-0.25, -0.2) is 0 Å². The van der Waals surface area contributed by atoms with Crippen molar-refractivity contribution >= 4 is 0 Å². The number of likely N-dealkylation sites (tertiary alicyclic amines) is 1. The molecule has 1 saturated carbocycles. The largest absolute Gasteiger partial charge is 0.314 e. The van der Waals surface area contributed by atoms with Gasteiger partial charge in [0.2, 0.25) is 0 Å². The zero-order valence-electron chi connectivity index (χ0n) is 9.04. The van der Waals surface area contributed by atoms with Crippen LogP contribution in [0.25, 0.3) is 0 Å². The van der Waals surface area contributed by atoms with Gasteiger partial charge in [0.15, 0.2) is 0 Å². The van der Waals surface area contributed by atoms with E-state index in [1.54, 1.807) is 0 Å². The molecule has 1 aliphatic carbocycles. The molecule has 3 fully saturated rings. The predicted octanol–water partition coefficient (Wildman–Crippen LogP) is 1.61. The number of hydrogen-bond donors (Lipinski definition) is 1. The second-order valence-electron chi connectivity index (χ2n) is 5.30. The van der Waals surface area contributed by atoms with E-state index in [0.29, 0.717) is 0 Å². The van der Waals surface area contributed by atoms with E-state index in [1.807, 2.05) is 0 Å². The van der Waals surface area contributed by atoms with Crippen molar-refractivity contribution in [3.8, 4) is 0 Å². The SMILES string of the molecule is C1CCC(C2CCCN2C2CNC2)C1. The average Bonchev–Trinajstić information content (AvgIpc) is 2.66. The van der Waals surface area contributed by atoms with Crippen LogP contribution >= 0.6 is 0 Å². The van der Waals surface area contributed by atoms with Crippen LogP contribution in [0.3, 0.4) is 0 Å². The van der Waals surface area contributed by atoms with Crippen LogP contribution in [0.4, 0.5) is 0 Å². The van der Waals surface area contributed by atoms with Crippen LogP contribution in [0, 0.1) is 5.92 Å². The lowest BCUT2D eigenvalue weighted by Gasteiger charge is -2.41. The first kappa shape index (κ1) is 9.17. The molecule has 0 aromatic rings. The highest BCUT2D eigenvalue weighted by Crippen LogP contribution is 2.36. The van der Waals surface area contributed by atoms with Crippen LogP contribution < -0.4 is 5.32 Å². The molecule has 14 heavy (non-hydrogen) atoms. The minimum atomic E-state index is 0.892. The maximum Gasteiger partial charge on any atom is 0.0348 e. The summed E-state index contributed by atoms with van der Waals surface area (Å²) in [5.74, 6) is 1.05. The molecular formula is C12H22N2. The van der Waals surface area contributed by atoms with Crippen molar-refractivity contribution < 1.29 is 0 Å². The first-order valence-corrected chi connectivity index (χ1v) is 6.41. The van der Waals surface area contributed by atoms with E-state index in [2.05, 4.69) is 10.2 Å². The fourth-order valence-electron chi connectivity index (χ4n) is 3.62. The Labute approximate surface area is 87.0 Å². The Bertz CT molecular complexity index is 194. The molecule has 80 valence electrons. The third kappa shape index (κ3) is 1.49. The monoisotopic (exact) mass is 194 g/mol. The number of nitrogens with zero attached hydrogens (tertiary/aromatic N) is 1. The Morgan fingerprint density at radius 3 is 2.36 bits per heavy atom. The Morgan fingerprint density at radius 2 is 1.71 bits per heavy atom. The molecule has 0 aromatic heterocycles. The Kier molecular flexibility index (Phi) is 2.50. The zero-order chi connectivity index (χ0) is 9.38. The third-order valence-electron chi connectivity index (χ3n) is 4.52. The van der Waals surface area contributed by atoms with E-state index in [0.717, 1.165) is 18.0 Å². The summed E-state index contributed by atoms with van der Waals surface area (Å²) in [6.45, 7) is 3.89. The fourth-order valence-corrected chi connectivity index (χ4v) is 3.62. The maximum atomic E-state index is 3.41. The predicted molar refractivity (Wildman–Crippen MR) is 58.3 cm³/mol. The quantitative estimate of drug-likeness (QED) is 0.718. The molecule has 0 amide bonds. The summed E-state index contributed by atoms with van der Waals surface area (Å²) in [6.07, 6.45) is 8.97. The Hall–Kier alpha value is -0.0800. The van der Waals surface area contributed by atoms with Gasteiger partial charge in [0.05, 0.1) is 0 Å². The second kappa shape index (κ2) is 3.82. The summed E-state index contributed by atoms with van der Waals surface area (Å²) in [4.78, 5) is 2.83. The minimum Gasteiger partial charge on any atom is -0.314 e. The Balaban J connectivity index is 1.64. The van der Waals surface area contributed by atoms with Crippen molar-refractivity contribution in [1.82, 2.24) is 10.2 Å². The van der Waals surface area contributed by atoms with E-state index in [1.165, 1.54) is 58.2 Å². The van der Waals surface area contributed by atoms with Crippen molar-refractivity contribution in [3.63, 3.8) is 0 Å². The van der Waals surface area contributed by atoms with Crippen LogP contribution in [0.5, 0.6) is 0 Å². The van der Waals surface area contributed by atoms with Gasteiger partial charge in [-0.2, -0.15) is 0 Å². The average molecular weight is 194 g/mol. The molecule has 3 rings (SSSR count). The maximum absolute atomic E-state index is 3.41. The van der Waals surface area contributed by atoms with Crippen molar-refractivity contribution in [3.05, 3.63) is 0 Å².